The Morgan fingerprint density at radius 3 is 2.58 bits per heavy atom. The minimum absolute atomic E-state index is 0.131. The zero-order chi connectivity index (χ0) is 9.19. The number of hydrogen-bond donors (Lipinski definition) is 2. The van der Waals surface area contributed by atoms with E-state index >= 15 is 0 Å². The van der Waals surface area contributed by atoms with Crippen molar-refractivity contribution in [2.75, 3.05) is 26.2 Å². The molecule has 1 heterocycles. The van der Waals surface area contributed by atoms with E-state index in [9.17, 15) is 8.78 Å². The number of hydrogen-bond acceptors (Lipinski definition) is 3. The molecule has 1 aliphatic rings. The molecule has 0 aromatic heterocycles. The predicted octanol–water partition coefficient (Wildman–Crippen LogP) is -0.319. The van der Waals surface area contributed by atoms with Crippen molar-refractivity contribution in [2.45, 2.75) is 18.4 Å². The number of nitrogens with zero attached hydrogens (tertiary/aromatic N) is 1. The van der Waals surface area contributed by atoms with E-state index in [0.29, 0.717) is 6.54 Å². The Morgan fingerprint density at radius 2 is 2.17 bits per heavy atom. The van der Waals surface area contributed by atoms with Crippen LogP contribution in [0.5, 0.6) is 0 Å². The fourth-order valence-electron chi connectivity index (χ4n) is 1.32. The average molecular weight is 181 g/mol. The van der Waals surface area contributed by atoms with Gasteiger partial charge < -0.3 is 10.2 Å². The Morgan fingerprint density at radius 1 is 1.50 bits per heavy atom. The van der Waals surface area contributed by atoms with Gasteiger partial charge in [0.1, 0.15) is 0 Å². The number of aliphatic hydroxyl groups is 2. The zero-order valence-electron chi connectivity index (χ0n) is 6.71. The lowest BCUT2D eigenvalue weighted by atomic mass is 10.3. The molecule has 1 saturated heterocycles. The van der Waals surface area contributed by atoms with Crippen molar-refractivity contribution < 1.29 is 19.0 Å². The number of rotatable bonds is 3. The zero-order valence-corrected chi connectivity index (χ0v) is 6.71. The summed E-state index contributed by atoms with van der Waals surface area (Å²) in [6.07, 6.45) is -1.05. The Hall–Kier alpha value is -0.260. The summed E-state index contributed by atoms with van der Waals surface area (Å²) < 4.78 is 25.1. The van der Waals surface area contributed by atoms with Crippen LogP contribution in [0.25, 0.3) is 0 Å². The SMILES string of the molecule is OCC(O)CN1CCC(F)(F)C1. The van der Waals surface area contributed by atoms with E-state index < -0.39 is 12.0 Å². The maximum absolute atomic E-state index is 12.6. The molecule has 1 aliphatic heterocycles. The normalized spacial score (nSPS) is 26.0. The molecule has 3 nitrogen and oxygen atoms in total. The van der Waals surface area contributed by atoms with Gasteiger partial charge in [-0.15, -0.1) is 0 Å². The van der Waals surface area contributed by atoms with Crippen LogP contribution in [0.4, 0.5) is 8.78 Å². The predicted molar refractivity (Wildman–Crippen MR) is 39.1 cm³/mol. The summed E-state index contributed by atoms with van der Waals surface area (Å²) in [5, 5.41) is 17.4. The van der Waals surface area contributed by atoms with E-state index in [1.165, 1.54) is 4.90 Å². The highest BCUT2D eigenvalue weighted by molar-refractivity contribution is 4.82. The molecule has 2 N–H and O–H groups in total. The summed E-state index contributed by atoms with van der Waals surface area (Å²) in [5.74, 6) is -2.62. The van der Waals surface area contributed by atoms with Gasteiger partial charge in [0.25, 0.3) is 5.92 Å². The van der Waals surface area contributed by atoms with Gasteiger partial charge >= 0.3 is 0 Å². The second-order valence-corrected chi connectivity index (χ2v) is 3.18. The lowest BCUT2D eigenvalue weighted by molar-refractivity contribution is 0.00352. The molecule has 0 aromatic carbocycles. The van der Waals surface area contributed by atoms with Crippen LogP contribution in [0.3, 0.4) is 0 Å². The molecule has 0 aromatic rings. The minimum atomic E-state index is -2.62. The smallest absolute Gasteiger partial charge is 0.261 e. The topological polar surface area (TPSA) is 43.7 Å². The molecule has 0 saturated carbocycles. The molecule has 1 unspecified atom stereocenters. The molecular weight excluding hydrogens is 168 g/mol. The molecule has 0 spiro atoms. The standard InChI is InChI=1S/C7H13F2NO2/c8-7(9)1-2-10(5-7)3-6(12)4-11/h6,11-12H,1-5H2. The van der Waals surface area contributed by atoms with E-state index in [2.05, 4.69) is 0 Å². The first kappa shape index (κ1) is 9.83. The van der Waals surface area contributed by atoms with E-state index in [1.807, 2.05) is 0 Å². The third-order valence-corrected chi connectivity index (χ3v) is 1.93. The second-order valence-electron chi connectivity index (χ2n) is 3.18. The van der Waals surface area contributed by atoms with Crippen molar-refractivity contribution in [1.29, 1.82) is 0 Å². The molecule has 0 aliphatic carbocycles. The van der Waals surface area contributed by atoms with Crippen LogP contribution in [0, 0.1) is 0 Å². The Balaban J connectivity index is 2.28. The Kier molecular flexibility index (Phi) is 2.98. The van der Waals surface area contributed by atoms with Crippen molar-refractivity contribution >= 4 is 0 Å². The van der Waals surface area contributed by atoms with E-state index in [0.717, 1.165) is 0 Å². The molecule has 1 rings (SSSR count). The largest absolute Gasteiger partial charge is 0.394 e. The van der Waals surface area contributed by atoms with Crippen molar-refractivity contribution in [2.24, 2.45) is 0 Å². The van der Waals surface area contributed by atoms with Crippen LogP contribution in [-0.2, 0) is 0 Å². The summed E-state index contributed by atoms with van der Waals surface area (Å²) in [5.41, 5.74) is 0. The highest BCUT2D eigenvalue weighted by Crippen LogP contribution is 2.26. The number of halogens is 2. The molecule has 72 valence electrons. The maximum Gasteiger partial charge on any atom is 0.261 e. The Labute approximate surface area is 69.6 Å². The monoisotopic (exact) mass is 181 g/mol. The first-order valence-corrected chi connectivity index (χ1v) is 3.92. The van der Waals surface area contributed by atoms with Gasteiger partial charge in [0.2, 0.25) is 0 Å². The molecule has 1 fully saturated rings. The Bertz CT molecular complexity index is 154. The number of aliphatic hydroxyl groups excluding tert-OH is 2. The summed E-state index contributed by atoms with van der Waals surface area (Å²) in [7, 11) is 0. The van der Waals surface area contributed by atoms with E-state index in [4.69, 9.17) is 10.2 Å². The second kappa shape index (κ2) is 3.64. The fourth-order valence-corrected chi connectivity index (χ4v) is 1.32. The van der Waals surface area contributed by atoms with Crippen molar-refractivity contribution in [3.05, 3.63) is 0 Å². The number of alkyl halides is 2. The van der Waals surface area contributed by atoms with Crippen LogP contribution in [-0.4, -0.2) is 53.4 Å². The molecule has 5 heteroatoms. The fraction of sp³-hybridized carbons (Fsp3) is 1.00. The lowest BCUT2D eigenvalue weighted by Crippen LogP contribution is -2.34. The lowest BCUT2D eigenvalue weighted by Gasteiger charge is -2.17. The van der Waals surface area contributed by atoms with Gasteiger partial charge in [-0.1, -0.05) is 0 Å². The van der Waals surface area contributed by atoms with Crippen LogP contribution < -0.4 is 0 Å². The van der Waals surface area contributed by atoms with E-state index in [1.54, 1.807) is 0 Å². The van der Waals surface area contributed by atoms with E-state index in [-0.39, 0.29) is 26.1 Å². The third kappa shape index (κ3) is 2.66. The summed E-state index contributed by atoms with van der Waals surface area (Å²) in [6, 6.07) is 0. The quantitative estimate of drug-likeness (QED) is 0.627. The molecule has 12 heavy (non-hydrogen) atoms. The summed E-state index contributed by atoms with van der Waals surface area (Å²) >= 11 is 0. The van der Waals surface area contributed by atoms with Gasteiger partial charge in [0.05, 0.1) is 19.3 Å². The van der Waals surface area contributed by atoms with Gasteiger partial charge in [-0.05, 0) is 0 Å². The van der Waals surface area contributed by atoms with Gasteiger partial charge in [0, 0.05) is 19.5 Å². The van der Waals surface area contributed by atoms with Crippen molar-refractivity contribution in [3.8, 4) is 0 Å². The van der Waals surface area contributed by atoms with Crippen molar-refractivity contribution in [1.82, 2.24) is 4.90 Å². The first-order valence-electron chi connectivity index (χ1n) is 3.92. The van der Waals surface area contributed by atoms with Crippen LogP contribution in [0.2, 0.25) is 0 Å². The van der Waals surface area contributed by atoms with Gasteiger partial charge in [-0.25, -0.2) is 8.78 Å². The molecule has 0 radical (unpaired) electrons. The van der Waals surface area contributed by atoms with Gasteiger partial charge in [-0.2, -0.15) is 0 Å². The number of β-amino-alcohol motifs (C(OH)–C–C–N with tert-alkyl or cyclic N) is 1. The highest BCUT2D eigenvalue weighted by atomic mass is 19.3. The maximum atomic E-state index is 12.6. The van der Waals surface area contributed by atoms with Crippen molar-refractivity contribution in [3.63, 3.8) is 0 Å². The van der Waals surface area contributed by atoms with Crippen LogP contribution >= 0.6 is 0 Å². The number of likely N-dealkylation sites (tertiary alicyclic amines) is 1. The average Bonchev–Trinajstić information content (AvgIpc) is 2.30. The van der Waals surface area contributed by atoms with Gasteiger partial charge in [0.15, 0.2) is 0 Å². The first-order chi connectivity index (χ1) is 5.53. The molecule has 1 atom stereocenters. The van der Waals surface area contributed by atoms with Crippen LogP contribution in [0.15, 0.2) is 0 Å². The summed E-state index contributed by atoms with van der Waals surface area (Å²) in [4.78, 5) is 1.46. The van der Waals surface area contributed by atoms with Gasteiger partial charge in [-0.3, -0.25) is 4.90 Å². The highest BCUT2D eigenvalue weighted by Gasteiger charge is 2.38. The van der Waals surface area contributed by atoms with Crippen LogP contribution in [0.1, 0.15) is 6.42 Å². The molecule has 0 amide bonds. The minimum Gasteiger partial charge on any atom is -0.394 e. The third-order valence-electron chi connectivity index (χ3n) is 1.93. The summed E-state index contributed by atoms with van der Waals surface area (Å²) in [6.45, 7) is -0.248. The molecular formula is C7H13F2NO2. The molecule has 0 bridgehead atoms.